The molecule has 0 radical (unpaired) electrons. The lowest BCUT2D eigenvalue weighted by atomic mass is 10.1. The first-order valence-corrected chi connectivity index (χ1v) is 11.6. The van der Waals surface area contributed by atoms with E-state index in [4.69, 9.17) is 26.4 Å². The number of carbonyl (C=O) groups is 1. The van der Waals surface area contributed by atoms with Crippen LogP contribution in [0.2, 0.25) is 0 Å². The fourth-order valence-electron chi connectivity index (χ4n) is 3.48. The largest absolute Gasteiger partial charge is 0.495 e. The Bertz CT molecular complexity index is 1330. The van der Waals surface area contributed by atoms with Crippen LogP contribution in [0.1, 0.15) is 11.1 Å². The fourth-order valence-corrected chi connectivity index (χ4v) is 4.75. The highest BCUT2D eigenvalue weighted by molar-refractivity contribution is 8.27. The predicted octanol–water partition coefficient (Wildman–Crippen LogP) is 5.60. The lowest BCUT2D eigenvalue weighted by Crippen LogP contribution is -2.27. The van der Waals surface area contributed by atoms with Gasteiger partial charge in [-0.2, -0.15) is 0 Å². The molecule has 0 saturated carbocycles. The Labute approximate surface area is 211 Å². The van der Waals surface area contributed by atoms with E-state index in [0.717, 1.165) is 17.3 Å². The number of nitro benzene ring substituents is 1. The lowest BCUT2D eigenvalue weighted by Gasteiger charge is -2.17. The molecule has 0 aromatic heterocycles. The van der Waals surface area contributed by atoms with Crippen molar-refractivity contribution in [2.75, 3.05) is 19.1 Å². The predicted molar refractivity (Wildman–Crippen MR) is 139 cm³/mol. The van der Waals surface area contributed by atoms with E-state index in [1.165, 1.54) is 37.3 Å². The van der Waals surface area contributed by atoms with Gasteiger partial charge in [-0.3, -0.25) is 19.8 Å². The van der Waals surface area contributed by atoms with Crippen molar-refractivity contribution in [2.24, 2.45) is 0 Å². The summed E-state index contributed by atoms with van der Waals surface area (Å²) < 4.78 is 16.9. The van der Waals surface area contributed by atoms with Gasteiger partial charge in [-0.1, -0.05) is 66.4 Å². The third-order valence-corrected chi connectivity index (χ3v) is 6.46. The van der Waals surface area contributed by atoms with Gasteiger partial charge in [0.15, 0.2) is 15.8 Å². The SMILES string of the molecule is COc1cc(/C=C2/SC(=S)N(c3ccccc3OC)C2=O)c([N+](=O)[O-])cc1OCc1ccccc1. The number of nitrogens with zero attached hydrogens (tertiary/aromatic N) is 2. The average Bonchev–Trinajstić information content (AvgIpc) is 3.15. The molecule has 0 spiro atoms. The minimum atomic E-state index is -0.526. The average molecular weight is 509 g/mol. The van der Waals surface area contributed by atoms with Crippen molar-refractivity contribution in [3.8, 4) is 17.2 Å². The highest BCUT2D eigenvalue weighted by Crippen LogP contribution is 2.42. The smallest absolute Gasteiger partial charge is 0.280 e. The van der Waals surface area contributed by atoms with Gasteiger partial charge in [-0.05, 0) is 29.8 Å². The number of para-hydroxylation sites is 2. The number of rotatable bonds is 8. The maximum Gasteiger partial charge on any atom is 0.280 e. The summed E-state index contributed by atoms with van der Waals surface area (Å²) in [5.41, 5.74) is 1.37. The number of amides is 1. The van der Waals surface area contributed by atoms with Crippen LogP contribution >= 0.6 is 24.0 Å². The molecule has 178 valence electrons. The van der Waals surface area contributed by atoms with Crippen LogP contribution in [0.5, 0.6) is 17.2 Å². The molecule has 1 heterocycles. The zero-order valence-electron chi connectivity index (χ0n) is 18.8. The van der Waals surface area contributed by atoms with E-state index in [1.807, 2.05) is 30.3 Å². The van der Waals surface area contributed by atoms with Gasteiger partial charge >= 0.3 is 0 Å². The summed E-state index contributed by atoms with van der Waals surface area (Å²) in [6.45, 7) is 0.214. The van der Waals surface area contributed by atoms with E-state index in [2.05, 4.69) is 0 Å². The van der Waals surface area contributed by atoms with Gasteiger partial charge in [-0.25, -0.2) is 0 Å². The molecular weight excluding hydrogens is 488 g/mol. The third-order valence-electron chi connectivity index (χ3n) is 5.15. The molecule has 1 amide bonds. The summed E-state index contributed by atoms with van der Waals surface area (Å²) in [6, 6.07) is 19.2. The normalized spacial score (nSPS) is 14.3. The first-order chi connectivity index (χ1) is 16.9. The maximum atomic E-state index is 13.2. The number of nitro groups is 1. The van der Waals surface area contributed by atoms with Crippen LogP contribution in [0.3, 0.4) is 0 Å². The number of anilines is 1. The van der Waals surface area contributed by atoms with E-state index < -0.39 is 10.8 Å². The van der Waals surface area contributed by atoms with Crippen LogP contribution < -0.4 is 19.1 Å². The van der Waals surface area contributed by atoms with Crippen molar-refractivity contribution in [3.63, 3.8) is 0 Å². The van der Waals surface area contributed by atoms with Crippen LogP contribution in [0.4, 0.5) is 11.4 Å². The summed E-state index contributed by atoms with van der Waals surface area (Å²) in [5, 5.41) is 11.9. The summed E-state index contributed by atoms with van der Waals surface area (Å²) >= 11 is 6.48. The van der Waals surface area contributed by atoms with Crippen molar-refractivity contribution >= 4 is 51.7 Å². The molecule has 3 aromatic rings. The minimum absolute atomic E-state index is 0.194. The molecule has 0 N–H and O–H groups in total. The van der Waals surface area contributed by atoms with Crippen molar-refractivity contribution in [1.82, 2.24) is 0 Å². The summed E-state index contributed by atoms with van der Waals surface area (Å²) in [5.74, 6) is 0.611. The van der Waals surface area contributed by atoms with Crippen LogP contribution in [-0.4, -0.2) is 29.4 Å². The van der Waals surface area contributed by atoms with E-state index >= 15 is 0 Å². The quantitative estimate of drug-likeness (QED) is 0.168. The van der Waals surface area contributed by atoms with Gasteiger partial charge in [0.1, 0.15) is 12.4 Å². The number of hydrogen-bond acceptors (Lipinski definition) is 8. The fraction of sp³-hybridized carbons (Fsp3) is 0.120. The molecule has 1 saturated heterocycles. The molecule has 35 heavy (non-hydrogen) atoms. The highest BCUT2D eigenvalue weighted by atomic mass is 32.2. The second-order valence-electron chi connectivity index (χ2n) is 7.28. The lowest BCUT2D eigenvalue weighted by molar-refractivity contribution is -0.385. The van der Waals surface area contributed by atoms with E-state index in [9.17, 15) is 14.9 Å². The summed E-state index contributed by atoms with van der Waals surface area (Å²) in [4.78, 5) is 26.2. The molecule has 0 bridgehead atoms. The van der Waals surface area contributed by atoms with Crippen LogP contribution in [0, 0.1) is 10.1 Å². The van der Waals surface area contributed by atoms with Gasteiger partial charge in [-0.15, -0.1) is 0 Å². The van der Waals surface area contributed by atoms with Crippen molar-refractivity contribution in [2.45, 2.75) is 6.61 Å². The highest BCUT2D eigenvalue weighted by Gasteiger charge is 2.35. The first-order valence-electron chi connectivity index (χ1n) is 10.4. The molecule has 4 rings (SSSR count). The summed E-state index contributed by atoms with van der Waals surface area (Å²) in [7, 11) is 2.95. The zero-order valence-corrected chi connectivity index (χ0v) is 20.4. The monoisotopic (exact) mass is 508 g/mol. The van der Waals surface area contributed by atoms with E-state index in [0.29, 0.717) is 21.5 Å². The third kappa shape index (κ3) is 5.13. The molecule has 8 nitrogen and oxygen atoms in total. The number of methoxy groups -OCH3 is 2. The first kappa shape index (κ1) is 24.2. The molecule has 1 fully saturated rings. The van der Waals surface area contributed by atoms with E-state index in [1.54, 1.807) is 24.3 Å². The molecular formula is C25H20N2O6S2. The molecule has 10 heteroatoms. The van der Waals surface area contributed by atoms with Gasteiger partial charge in [0.05, 0.1) is 41.4 Å². The molecule has 0 unspecified atom stereocenters. The molecule has 1 aliphatic heterocycles. The molecule has 0 atom stereocenters. The topological polar surface area (TPSA) is 91.1 Å². The zero-order chi connectivity index (χ0) is 24.9. The van der Waals surface area contributed by atoms with Crippen molar-refractivity contribution < 1.29 is 23.9 Å². The Balaban J connectivity index is 1.68. The Morgan fingerprint density at radius 3 is 2.37 bits per heavy atom. The number of thioether (sulfide) groups is 1. The second kappa shape index (κ2) is 10.6. The van der Waals surface area contributed by atoms with Gasteiger partial charge in [0, 0.05) is 0 Å². The van der Waals surface area contributed by atoms with Crippen LogP contribution in [0.15, 0.2) is 71.6 Å². The summed E-state index contributed by atoms with van der Waals surface area (Å²) in [6.07, 6.45) is 1.44. The second-order valence-corrected chi connectivity index (χ2v) is 8.96. The van der Waals surface area contributed by atoms with Crippen LogP contribution in [0.25, 0.3) is 6.08 Å². The Hall–Kier alpha value is -3.89. The van der Waals surface area contributed by atoms with Crippen molar-refractivity contribution in [1.29, 1.82) is 0 Å². The number of carbonyl (C=O) groups excluding carboxylic acids is 1. The van der Waals surface area contributed by atoms with Gasteiger partial charge in [0.25, 0.3) is 11.6 Å². The Morgan fingerprint density at radius 2 is 1.69 bits per heavy atom. The maximum absolute atomic E-state index is 13.2. The number of hydrogen-bond donors (Lipinski definition) is 0. The number of thiocarbonyl (C=S) groups is 1. The Kier molecular flexibility index (Phi) is 7.33. The molecule has 3 aromatic carbocycles. The molecule has 0 aliphatic carbocycles. The minimum Gasteiger partial charge on any atom is -0.495 e. The number of ether oxygens (including phenoxy) is 3. The number of benzene rings is 3. The Morgan fingerprint density at radius 1 is 1.00 bits per heavy atom. The van der Waals surface area contributed by atoms with Gasteiger partial charge in [0.2, 0.25) is 0 Å². The van der Waals surface area contributed by atoms with Crippen LogP contribution in [-0.2, 0) is 11.4 Å². The molecule has 1 aliphatic rings. The van der Waals surface area contributed by atoms with Gasteiger partial charge < -0.3 is 14.2 Å². The van der Waals surface area contributed by atoms with E-state index in [-0.39, 0.29) is 28.5 Å². The van der Waals surface area contributed by atoms with Crippen molar-refractivity contribution in [3.05, 3.63) is 92.9 Å². The standard InChI is InChI=1S/C25H20N2O6S2/c1-31-20-11-7-6-10-18(20)26-24(28)23(35-25(26)34)13-17-12-21(32-2)22(14-19(17)27(29)30)33-15-16-8-4-3-5-9-16/h3-14H,15H2,1-2H3/b23-13+.